The Morgan fingerprint density at radius 1 is 1.12 bits per heavy atom. The third kappa shape index (κ3) is 2.92. The molecule has 4 rings (SSSR count). The maximum atomic E-state index is 12.5. The number of hydrogen-bond acceptors (Lipinski definition) is 4. The quantitative estimate of drug-likeness (QED) is 0.671. The summed E-state index contributed by atoms with van der Waals surface area (Å²) in [4.78, 5) is 23.1. The van der Waals surface area contributed by atoms with Crippen molar-refractivity contribution < 1.29 is 9.53 Å². The molecule has 0 radical (unpaired) electrons. The van der Waals surface area contributed by atoms with E-state index in [0.717, 1.165) is 28.6 Å². The topological polar surface area (TPSA) is 60.2 Å². The van der Waals surface area contributed by atoms with Crippen LogP contribution in [0, 0.1) is 0 Å². The highest BCUT2D eigenvalue weighted by molar-refractivity contribution is 5.87. The molecule has 1 aliphatic heterocycles. The SMILES string of the molecule is CC(C)(C)OC(=O)N1CCc2c(c3ccccc3n2-c2ncccn2)C1. The molecule has 0 unspecified atom stereocenters. The summed E-state index contributed by atoms with van der Waals surface area (Å²) in [5.41, 5.74) is 2.88. The molecule has 6 heteroatoms. The normalized spacial score (nSPS) is 14.3. The molecule has 0 aliphatic carbocycles. The fourth-order valence-electron chi connectivity index (χ4n) is 3.43. The fourth-order valence-corrected chi connectivity index (χ4v) is 3.43. The number of aromatic nitrogens is 3. The van der Waals surface area contributed by atoms with Gasteiger partial charge in [-0.25, -0.2) is 14.8 Å². The average molecular weight is 350 g/mol. The predicted molar refractivity (Wildman–Crippen MR) is 99.2 cm³/mol. The van der Waals surface area contributed by atoms with E-state index in [1.165, 1.54) is 0 Å². The third-order valence-electron chi connectivity index (χ3n) is 4.46. The van der Waals surface area contributed by atoms with Gasteiger partial charge in [-0.2, -0.15) is 0 Å². The highest BCUT2D eigenvalue weighted by atomic mass is 16.6. The number of ether oxygens (including phenoxy) is 1. The predicted octanol–water partition coefficient (Wildman–Crippen LogP) is 3.71. The van der Waals surface area contributed by atoms with E-state index in [0.29, 0.717) is 19.0 Å². The van der Waals surface area contributed by atoms with Crippen molar-refractivity contribution in [2.75, 3.05) is 6.54 Å². The zero-order chi connectivity index (χ0) is 18.3. The van der Waals surface area contributed by atoms with Crippen molar-refractivity contribution in [1.82, 2.24) is 19.4 Å². The molecular weight excluding hydrogens is 328 g/mol. The largest absolute Gasteiger partial charge is 0.444 e. The van der Waals surface area contributed by atoms with Crippen LogP contribution in [0.15, 0.2) is 42.7 Å². The molecule has 1 aliphatic rings. The Hall–Kier alpha value is -2.89. The van der Waals surface area contributed by atoms with E-state index in [1.54, 1.807) is 17.3 Å². The number of nitrogens with zero attached hydrogens (tertiary/aromatic N) is 4. The molecule has 3 aromatic rings. The molecule has 1 amide bonds. The van der Waals surface area contributed by atoms with Gasteiger partial charge in [0.25, 0.3) is 0 Å². The van der Waals surface area contributed by atoms with Crippen LogP contribution in [0.1, 0.15) is 32.0 Å². The Bertz CT molecular complexity index is 957. The van der Waals surface area contributed by atoms with Crippen LogP contribution < -0.4 is 0 Å². The first kappa shape index (κ1) is 16.6. The summed E-state index contributed by atoms with van der Waals surface area (Å²) in [5.74, 6) is 0.663. The van der Waals surface area contributed by atoms with E-state index in [1.807, 2.05) is 39.0 Å². The minimum Gasteiger partial charge on any atom is -0.444 e. The fraction of sp³-hybridized carbons (Fsp3) is 0.350. The molecule has 0 N–H and O–H groups in total. The molecule has 0 saturated heterocycles. The summed E-state index contributed by atoms with van der Waals surface area (Å²) in [6.45, 7) is 6.81. The van der Waals surface area contributed by atoms with Crippen molar-refractivity contribution in [3.63, 3.8) is 0 Å². The highest BCUT2D eigenvalue weighted by Gasteiger charge is 2.30. The number of para-hydroxylation sites is 1. The van der Waals surface area contributed by atoms with Crippen molar-refractivity contribution in [2.45, 2.75) is 39.3 Å². The molecule has 0 atom stereocenters. The van der Waals surface area contributed by atoms with E-state index >= 15 is 0 Å². The van der Waals surface area contributed by atoms with Gasteiger partial charge in [0.1, 0.15) is 5.60 Å². The number of rotatable bonds is 1. The van der Waals surface area contributed by atoms with Crippen molar-refractivity contribution in [3.8, 4) is 5.95 Å². The lowest BCUT2D eigenvalue weighted by atomic mass is 10.0. The number of benzene rings is 1. The van der Waals surface area contributed by atoms with Crippen LogP contribution >= 0.6 is 0 Å². The zero-order valence-electron chi connectivity index (χ0n) is 15.3. The van der Waals surface area contributed by atoms with Crippen molar-refractivity contribution in [2.24, 2.45) is 0 Å². The number of fused-ring (bicyclic) bond motifs is 3. The van der Waals surface area contributed by atoms with Gasteiger partial charge >= 0.3 is 6.09 Å². The Kier molecular flexibility index (Phi) is 3.90. The molecule has 0 saturated carbocycles. The van der Waals surface area contributed by atoms with Gasteiger partial charge in [-0.15, -0.1) is 0 Å². The Balaban J connectivity index is 1.77. The van der Waals surface area contributed by atoms with Crippen LogP contribution in [-0.4, -0.2) is 37.7 Å². The highest BCUT2D eigenvalue weighted by Crippen LogP contribution is 2.32. The van der Waals surface area contributed by atoms with Crippen LogP contribution in [0.25, 0.3) is 16.9 Å². The lowest BCUT2D eigenvalue weighted by molar-refractivity contribution is 0.0224. The lowest BCUT2D eigenvalue weighted by Gasteiger charge is -2.30. The van der Waals surface area contributed by atoms with Gasteiger partial charge in [0.15, 0.2) is 0 Å². The first-order valence-electron chi connectivity index (χ1n) is 8.80. The van der Waals surface area contributed by atoms with Gasteiger partial charge in [0, 0.05) is 42.0 Å². The summed E-state index contributed by atoms with van der Waals surface area (Å²) in [5, 5.41) is 1.13. The molecular formula is C20H22N4O2. The number of hydrogen-bond donors (Lipinski definition) is 0. The van der Waals surface area contributed by atoms with Crippen LogP contribution in [0.3, 0.4) is 0 Å². The van der Waals surface area contributed by atoms with Crippen LogP contribution in [0.5, 0.6) is 0 Å². The summed E-state index contributed by atoms with van der Waals surface area (Å²) < 4.78 is 7.66. The zero-order valence-corrected chi connectivity index (χ0v) is 15.3. The minimum absolute atomic E-state index is 0.268. The first-order valence-corrected chi connectivity index (χ1v) is 8.80. The van der Waals surface area contributed by atoms with E-state index in [9.17, 15) is 4.79 Å². The van der Waals surface area contributed by atoms with Crippen LogP contribution in [-0.2, 0) is 17.7 Å². The van der Waals surface area contributed by atoms with Gasteiger partial charge in [0.2, 0.25) is 5.95 Å². The molecule has 3 heterocycles. The van der Waals surface area contributed by atoms with Gasteiger partial charge in [-0.3, -0.25) is 4.57 Å². The smallest absolute Gasteiger partial charge is 0.410 e. The molecule has 0 bridgehead atoms. The standard InChI is InChI=1S/C20H22N4O2/c1-20(2,3)26-19(25)23-12-9-17-15(13-23)14-7-4-5-8-16(14)24(17)18-21-10-6-11-22-18/h4-8,10-11H,9,12-13H2,1-3H3. The second-order valence-electron chi connectivity index (χ2n) is 7.48. The molecule has 0 spiro atoms. The van der Waals surface area contributed by atoms with Crippen LogP contribution in [0.4, 0.5) is 4.79 Å². The molecule has 26 heavy (non-hydrogen) atoms. The summed E-state index contributed by atoms with van der Waals surface area (Å²) in [7, 11) is 0. The number of amides is 1. The van der Waals surface area contributed by atoms with E-state index in [4.69, 9.17) is 4.74 Å². The Morgan fingerprint density at radius 3 is 2.58 bits per heavy atom. The molecule has 134 valence electrons. The maximum absolute atomic E-state index is 12.5. The molecule has 6 nitrogen and oxygen atoms in total. The summed E-state index contributed by atoms with van der Waals surface area (Å²) in [6.07, 6.45) is 3.97. The summed E-state index contributed by atoms with van der Waals surface area (Å²) in [6, 6.07) is 10.0. The Labute approximate surface area is 152 Å². The number of carbonyl (C=O) groups excluding carboxylic acids is 1. The Morgan fingerprint density at radius 2 is 1.85 bits per heavy atom. The van der Waals surface area contributed by atoms with Gasteiger partial charge < -0.3 is 9.64 Å². The maximum Gasteiger partial charge on any atom is 0.410 e. The monoisotopic (exact) mass is 350 g/mol. The molecule has 1 aromatic carbocycles. The van der Waals surface area contributed by atoms with Gasteiger partial charge in [-0.05, 0) is 32.9 Å². The first-order chi connectivity index (χ1) is 12.4. The number of carbonyl (C=O) groups is 1. The summed E-state index contributed by atoms with van der Waals surface area (Å²) >= 11 is 0. The second-order valence-corrected chi connectivity index (χ2v) is 7.48. The minimum atomic E-state index is -0.497. The van der Waals surface area contributed by atoms with Crippen molar-refractivity contribution in [1.29, 1.82) is 0 Å². The van der Waals surface area contributed by atoms with E-state index in [-0.39, 0.29) is 6.09 Å². The van der Waals surface area contributed by atoms with Crippen molar-refractivity contribution in [3.05, 3.63) is 54.0 Å². The van der Waals surface area contributed by atoms with E-state index in [2.05, 4.69) is 26.7 Å². The lowest BCUT2D eigenvalue weighted by Crippen LogP contribution is -2.40. The van der Waals surface area contributed by atoms with E-state index < -0.39 is 5.60 Å². The second kappa shape index (κ2) is 6.12. The van der Waals surface area contributed by atoms with Crippen LogP contribution in [0.2, 0.25) is 0 Å². The molecule has 2 aromatic heterocycles. The molecule has 0 fully saturated rings. The average Bonchev–Trinajstić information content (AvgIpc) is 2.95. The van der Waals surface area contributed by atoms with Crippen molar-refractivity contribution >= 4 is 17.0 Å². The van der Waals surface area contributed by atoms with Gasteiger partial charge in [-0.1, -0.05) is 18.2 Å². The third-order valence-corrected chi connectivity index (χ3v) is 4.46. The van der Waals surface area contributed by atoms with Gasteiger partial charge in [0.05, 0.1) is 12.1 Å².